The molecule has 0 radical (unpaired) electrons. The van der Waals surface area contributed by atoms with Crippen molar-refractivity contribution >= 4 is 40.9 Å². The molecule has 0 aliphatic rings. The highest BCUT2D eigenvalue weighted by Crippen LogP contribution is 2.30. The number of nitrogens with zero attached hydrogens (tertiary/aromatic N) is 1. The minimum absolute atomic E-state index is 0.0552. The first-order chi connectivity index (χ1) is 16.4. The monoisotopic (exact) mass is 496 g/mol. The van der Waals surface area contributed by atoms with Crippen molar-refractivity contribution in [1.29, 1.82) is 5.26 Å². The van der Waals surface area contributed by atoms with Crippen molar-refractivity contribution < 1.29 is 19.0 Å². The van der Waals surface area contributed by atoms with Crippen LogP contribution < -0.4 is 19.5 Å². The Morgan fingerprint density at radius 1 is 1.00 bits per heavy atom. The maximum Gasteiger partial charge on any atom is 0.266 e. The summed E-state index contributed by atoms with van der Waals surface area (Å²) in [5.41, 5.74) is 1.95. The van der Waals surface area contributed by atoms with E-state index in [9.17, 15) is 10.1 Å². The van der Waals surface area contributed by atoms with E-state index in [0.29, 0.717) is 45.2 Å². The summed E-state index contributed by atoms with van der Waals surface area (Å²) in [4.78, 5) is 12.6. The number of rotatable bonds is 9. The SMILES string of the molecule is CCOc1ccc(NC(=O)/C(C#N)=C\c2ccc(OCc3ccc(Cl)c(Cl)c3)c(OC)c2)cc1. The Kier molecular flexibility index (Phi) is 8.80. The zero-order chi connectivity index (χ0) is 24.5. The minimum atomic E-state index is -0.523. The number of ether oxygens (including phenoxy) is 3. The Morgan fingerprint density at radius 3 is 2.41 bits per heavy atom. The first kappa shape index (κ1) is 25.0. The molecule has 8 heteroatoms. The highest BCUT2D eigenvalue weighted by molar-refractivity contribution is 6.42. The fourth-order valence-electron chi connectivity index (χ4n) is 3.00. The predicted octanol–water partition coefficient (Wildman–Crippen LogP) is 6.53. The zero-order valence-corrected chi connectivity index (χ0v) is 20.1. The number of carbonyl (C=O) groups excluding carboxylic acids is 1. The molecule has 3 aromatic carbocycles. The second-order valence-electron chi connectivity index (χ2n) is 7.03. The summed E-state index contributed by atoms with van der Waals surface area (Å²) in [6, 6.07) is 19.2. The van der Waals surface area contributed by atoms with Gasteiger partial charge in [-0.05, 0) is 72.7 Å². The van der Waals surface area contributed by atoms with Crippen LogP contribution in [0.3, 0.4) is 0 Å². The van der Waals surface area contributed by atoms with E-state index >= 15 is 0 Å². The van der Waals surface area contributed by atoms with Gasteiger partial charge < -0.3 is 19.5 Å². The smallest absolute Gasteiger partial charge is 0.266 e. The van der Waals surface area contributed by atoms with E-state index in [4.69, 9.17) is 37.4 Å². The lowest BCUT2D eigenvalue weighted by Gasteiger charge is -2.12. The molecule has 3 rings (SSSR count). The molecule has 1 N–H and O–H groups in total. The zero-order valence-electron chi connectivity index (χ0n) is 18.6. The van der Waals surface area contributed by atoms with Crippen molar-refractivity contribution in [2.45, 2.75) is 13.5 Å². The van der Waals surface area contributed by atoms with Crippen molar-refractivity contribution in [1.82, 2.24) is 0 Å². The molecular formula is C26H22Cl2N2O4. The lowest BCUT2D eigenvalue weighted by Crippen LogP contribution is -2.13. The van der Waals surface area contributed by atoms with Gasteiger partial charge in [0.1, 0.15) is 24.0 Å². The molecule has 0 atom stereocenters. The van der Waals surface area contributed by atoms with Crippen LogP contribution in [-0.2, 0) is 11.4 Å². The van der Waals surface area contributed by atoms with Gasteiger partial charge in [0.15, 0.2) is 11.5 Å². The molecule has 0 aromatic heterocycles. The Bertz CT molecular complexity index is 1230. The highest BCUT2D eigenvalue weighted by atomic mass is 35.5. The number of hydrogen-bond donors (Lipinski definition) is 1. The van der Waals surface area contributed by atoms with Crippen LogP contribution in [0.2, 0.25) is 10.0 Å². The number of benzene rings is 3. The first-order valence-corrected chi connectivity index (χ1v) is 11.1. The average molecular weight is 497 g/mol. The summed E-state index contributed by atoms with van der Waals surface area (Å²) < 4.78 is 16.7. The van der Waals surface area contributed by atoms with Crippen LogP contribution in [-0.4, -0.2) is 19.6 Å². The third-order valence-corrected chi connectivity index (χ3v) is 5.40. The lowest BCUT2D eigenvalue weighted by atomic mass is 10.1. The van der Waals surface area contributed by atoms with Crippen LogP contribution >= 0.6 is 23.2 Å². The molecule has 0 fully saturated rings. The summed E-state index contributed by atoms with van der Waals surface area (Å²) in [5.74, 6) is 1.14. The normalized spacial score (nSPS) is 10.9. The maximum atomic E-state index is 12.6. The number of methoxy groups -OCH3 is 1. The number of hydrogen-bond acceptors (Lipinski definition) is 5. The topological polar surface area (TPSA) is 80.6 Å². The molecule has 174 valence electrons. The second kappa shape index (κ2) is 12.0. The molecular weight excluding hydrogens is 475 g/mol. The molecule has 0 unspecified atom stereocenters. The van der Waals surface area contributed by atoms with Gasteiger partial charge in [0.25, 0.3) is 5.91 Å². The molecule has 34 heavy (non-hydrogen) atoms. The largest absolute Gasteiger partial charge is 0.494 e. The van der Waals surface area contributed by atoms with Crippen LogP contribution in [0.25, 0.3) is 6.08 Å². The van der Waals surface area contributed by atoms with Crippen molar-refractivity contribution in [3.05, 3.63) is 87.4 Å². The lowest BCUT2D eigenvalue weighted by molar-refractivity contribution is -0.112. The number of amides is 1. The number of halogens is 2. The van der Waals surface area contributed by atoms with Crippen LogP contribution in [0.15, 0.2) is 66.2 Å². The van der Waals surface area contributed by atoms with Gasteiger partial charge in [-0.3, -0.25) is 4.79 Å². The van der Waals surface area contributed by atoms with Gasteiger partial charge >= 0.3 is 0 Å². The minimum Gasteiger partial charge on any atom is -0.494 e. The van der Waals surface area contributed by atoms with Gasteiger partial charge in [-0.15, -0.1) is 0 Å². The van der Waals surface area contributed by atoms with Gasteiger partial charge in [-0.2, -0.15) is 5.26 Å². The van der Waals surface area contributed by atoms with Gasteiger partial charge in [0, 0.05) is 5.69 Å². The van der Waals surface area contributed by atoms with Gasteiger partial charge in [-0.25, -0.2) is 0 Å². The van der Waals surface area contributed by atoms with E-state index in [0.717, 1.165) is 5.56 Å². The first-order valence-electron chi connectivity index (χ1n) is 10.3. The molecule has 0 saturated heterocycles. The van der Waals surface area contributed by atoms with E-state index in [1.165, 1.54) is 13.2 Å². The van der Waals surface area contributed by atoms with Crippen molar-refractivity contribution in [2.24, 2.45) is 0 Å². The summed E-state index contributed by atoms with van der Waals surface area (Å²) in [7, 11) is 1.51. The van der Waals surface area contributed by atoms with Crippen molar-refractivity contribution in [3.63, 3.8) is 0 Å². The van der Waals surface area contributed by atoms with E-state index < -0.39 is 5.91 Å². The van der Waals surface area contributed by atoms with Gasteiger partial charge in [0.2, 0.25) is 0 Å². The summed E-state index contributed by atoms with van der Waals surface area (Å²) in [6.45, 7) is 2.70. The third kappa shape index (κ3) is 6.67. The van der Waals surface area contributed by atoms with E-state index in [-0.39, 0.29) is 12.2 Å². The number of anilines is 1. The predicted molar refractivity (Wildman–Crippen MR) is 134 cm³/mol. The number of carbonyl (C=O) groups is 1. The standard InChI is InChI=1S/C26H22Cl2N2O4/c1-3-33-21-8-6-20(7-9-21)30-26(31)19(15-29)12-17-5-11-24(25(14-17)32-2)34-16-18-4-10-22(27)23(28)13-18/h4-14H,3,16H2,1-2H3,(H,30,31)/b19-12-. The number of nitriles is 1. The Labute approximate surface area is 208 Å². The number of nitrogens with one attached hydrogen (secondary N) is 1. The Hall–Kier alpha value is -3.66. The summed E-state index contributed by atoms with van der Waals surface area (Å²) in [5, 5.41) is 13.1. The molecule has 0 saturated carbocycles. The van der Waals surface area contributed by atoms with Crippen LogP contribution in [0.1, 0.15) is 18.1 Å². The Morgan fingerprint density at radius 2 is 1.76 bits per heavy atom. The molecule has 3 aromatic rings. The molecule has 0 aliphatic heterocycles. The Balaban J connectivity index is 1.71. The fourth-order valence-corrected chi connectivity index (χ4v) is 3.32. The molecule has 1 amide bonds. The molecule has 0 heterocycles. The van der Waals surface area contributed by atoms with Crippen molar-refractivity contribution in [2.75, 3.05) is 19.0 Å². The molecule has 6 nitrogen and oxygen atoms in total. The summed E-state index contributed by atoms with van der Waals surface area (Å²) >= 11 is 12.0. The van der Waals surface area contributed by atoms with Crippen LogP contribution in [0, 0.1) is 11.3 Å². The third-order valence-electron chi connectivity index (χ3n) is 4.67. The van der Waals surface area contributed by atoms with Gasteiger partial charge in [0.05, 0.1) is 23.8 Å². The van der Waals surface area contributed by atoms with E-state index in [2.05, 4.69) is 5.32 Å². The fraction of sp³-hybridized carbons (Fsp3) is 0.154. The van der Waals surface area contributed by atoms with Crippen molar-refractivity contribution in [3.8, 4) is 23.3 Å². The molecule has 0 spiro atoms. The van der Waals surface area contributed by atoms with Crippen LogP contribution in [0.5, 0.6) is 17.2 Å². The maximum absolute atomic E-state index is 12.6. The van der Waals surface area contributed by atoms with Crippen LogP contribution in [0.4, 0.5) is 5.69 Å². The summed E-state index contributed by atoms with van der Waals surface area (Å²) in [6.07, 6.45) is 1.48. The highest BCUT2D eigenvalue weighted by Gasteiger charge is 2.12. The second-order valence-corrected chi connectivity index (χ2v) is 7.84. The van der Waals surface area contributed by atoms with E-state index in [1.807, 2.05) is 19.1 Å². The quantitative estimate of drug-likeness (QED) is 0.269. The van der Waals surface area contributed by atoms with E-state index in [1.54, 1.807) is 54.6 Å². The van der Waals surface area contributed by atoms with Gasteiger partial charge in [-0.1, -0.05) is 35.3 Å². The average Bonchev–Trinajstić information content (AvgIpc) is 2.84. The molecule has 0 bridgehead atoms. The molecule has 0 aliphatic carbocycles.